The molecule has 3 nitrogen and oxygen atoms in total. The molecule has 94 valence electrons. The summed E-state index contributed by atoms with van der Waals surface area (Å²) in [7, 11) is 0. The van der Waals surface area contributed by atoms with Gasteiger partial charge >= 0.3 is 5.97 Å². The number of aryl methyl sites for hydroxylation is 1. The molecule has 3 heteroatoms. The van der Waals surface area contributed by atoms with Crippen LogP contribution >= 0.6 is 0 Å². The van der Waals surface area contributed by atoms with Crippen LogP contribution in [-0.4, -0.2) is 15.6 Å². The number of rotatable bonds is 5. The molecular formula is C15H17NO2. The van der Waals surface area contributed by atoms with E-state index in [1.807, 2.05) is 31.3 Å². The standard InChI is InChI=1S/C15H17NO2/c1-11(2)9-16-10-12(7-8-15(17)18)13-5-3-4-6-14(13)16/h3-6,10H,1,7-9H2,2H3,(H,17,18). The summed E-state index contributed by atoms with van der Waals surface area (Å²) in [5.41, 5.74) is 3.32. The number of carboxylic acid groups (broad SMARTS) is 1. The van der Waals surface area contributed by atoms with E-state index in [-0.39, 0.29) is 6.42 Å². The lowest BCUT2D eigenvalue weighted by Gasteiger charge is -2.03. The molecule has 18 heavy (non-hydrogen) atoms. The van der Waals surface area contributed by atoms with E-state index in [4.69, 9.17) is 5.11 Å². The maximum absolute atomic E-state index is 10.7. The number of nitrogens with zero attached hydrogens (tertiary/aromatic N) is 1. The van der Waals surface area contributed by atoms with E-state index in [1.54, 1.807) is 0 Å². The van der Waals surface area contributed by atoms with Crippen molar-refractivity contribution < 1.29 is 9.90 Å². The van der Waals surface area contributed by atoms with Gasteiger partial charge in [-0.05, 0) is 25.0 Å². The van der Waals surface area contributed by atoms with E-state index in [0.29, 0.717) is 6.42 Å². The summed E-state index contributed by atoms with van der Waals surface area (Å²) in [5, 5.41) is 9.92. The van der Waals surface area contributed by atoms with E-state index in [0.717, 1.165) is 28.6 Å². The van der Waals surface area contributed by atoms with Crippen molar-refractivity contribution in [3.63, 3.8) is 0 Å². The lowest BCUT2D eigenvalue weighted by molar-refractivity contribution is -0.136. The van der Waals surface area contributed by atoms with Crippen molar-refractivity contribution >= 4 is 16.9 Å². The number of allylic oxidation sites excluding steroid dienone is 1. The summed E-state index contributed by atoms with van der Waals surface area (Å²) in [6.45, 7) is 6.69. The molecule has 1 heterocycles. The summed E-state index contributed by atoms with van der Waals surface area (Å²) < 4.78 is 2.13. The number of benzene rings is 1. The Balaban J connectivity index is 2.40. The zero-order valence-corrected chi connectivity index (χ0v) is 10.5. The largest absolute Gasteiger partial charge is 0.481 e. The van der Waals surface area contributed by atoms with Crippen LogP contribution in [0, 0.1) is 0 Å². The van der Waals surface area contributed by atoms with E-state index in [1.165, 1.54) is 0 Å². The zero-order valence-electron chi connectivity index (χ0n) is 10.5. The number of hydrogen-bond acceptors (Lipinski definition) is 1. The third kappa shape index (κ3) is 2.62. The maximum Gasteiger partial charge on any atom is 0.303 e. The van der Waals surface area contributed by atoms with Gasteiger partial charge in [-0.3, -0.25) is 4.79 Å². The highest BCUT2D eigenvalue weighted by Crippen LogP contribution is 2.23. The summed E-state index contributed by atoms with van der Waals surface area (Å²) in [4.78, 5) is 10.7. The molecule has 0 radical (unpaired) electrons. The minimum atomic E-state index is -0.758. The van der Waals surface area contributed by atoms with Crippen molar-refractivity contribution in [3.05, 3.63) is 48.2 Å². The van der Waals surface area contributed by atoms with E-state index < -0.39 is 5.97 Å². The van der Waals surface area contributed by atoms with Crippen molar-refractivity contribution in [2.75, 3.05) is 0 Å². The van der Waals surface area contributed by atoms with E-state index in [2.05, 4.69) is 17.2 Å². The number of para-hydroxylation sites is 1. The average Bonchev–Trinajstić information content (AvgIpc) is 2.65. The Kier molecular flexibility index (Phi) is 3.51. The first-order valence-electron chi connectivity index (χ1n) is 6.01. The Bertz CT molecular complexity index is 596. The molecular weight excluding hydrogens is 226 g/mol. The van der Waals surface area contributed by atoms with Crippen LogP contribution in [0.3, 0.4) is 0 Å². The molecule has 0 aliphatic carbocycles. The Morgan fingerprint density at radius 3 is 2.78 bits per heavy atom. The quantitative estimate of drug-likeness (QED) is 0.819. The molecule has 1 aromatic heterocycles. The van der Waals surface area contributed by atoms with Gasteiger partial charge in [-0.2, -0.15) is 0 Å². The molecule has 0 atom stereocenters. The van der Waals surface area contributed by atoms with Crippen LogP contribution in [0.15, 0.2) is 42.6 Å². The topological polar surface area (TPSA) is 42.2 Å². The predicted molar refractivity (Wildman–Crippen MR) is 72.7 cm³/mol. The molecule has 2 aromatic rings. The van der Waals surface area contributed by atoms with E-state index >= 15 is 0 Å². The third-order valence-corrected chi connectivity index (χ3v) is 2.92. The van der Waals surface area contributed by atoms with Gasteiger partial charge in [-0.1, -0.05) is 30.4 Å². The van der Waals surface area contributed by atoms with Gasteiger partial charge in [0.25, 0.3) is 0 Å². The molecule has 0 saturated heterocycles. The maximum atomic E-state index is 10.7. The van der Waals surface area contributed by atoms with Gasteiger partial charge in [0.1, 0.15) is 0 Å². The first-order chi connectivity index (χ1) is 8.58. The average molecular weight is 243 g/mol. The molecule has 1 N–H and O–H groups in total. The Morgan fingerprint density at radius 1 is 1.39 bits per heavy atom. The molecule has 1 aromatic carbocycles. The number of carboxylic acids is 1. The predicted octanol–water partition coefficient (Wildman–Crippen LogP) is 3.23. The first-order valence-corrected chi connectivity index (χ1v) is 6.01. The molecule has 0 aliphatic heterocycles. The molecule has 0 bridgehead atoms. The fourth-order valence-corrected chi connectivity index (χ4v) is 2.19. The van der Waals surface area contributed by atoms with Crippen molar-refractivity contribution in [3.8, 4) is 0 Å². The number of aromatic nitrogens is 1. The molecule has 0 aliphatic rings. The Labute approximate surface area is 106 Å². The minimum absolute atomic E-state index is 0.168. The highest BCUT2D eigenvalue weighted by Gasteiger charge is 2.09. The smallest absolute Gasteiger partial charge is 0.303 e. The van der Waals surface area contributed by atoms with Gasteiger partial charge in [0.15, 0.2) is 0 Å². The molecule has 2 rings (SSSR count). The van der Waals surface area contributed by atoms with Crippen molar-refractivity contribution in [1.29, 1.82) is 0 Å². The van der Waals surface area contributed by atoms with Crippen LogP contribution in [0.2, 0.25) is 0 Å². The van der Waals surface area contributed by atoms with Crippen LogP contribution in [0.5, 0.6) is 0 Å². The lowest BCUT2D eigenvalue weighted by atomic mass is 10.1. The van der Waals surface area contributed by atoms with Gasteiger partial charge in [0.05, 0.1) is 0 Å². The second-order valence-electron chi connectivity index (χ2n) is 4.65. The van der Waals surface area contributed by atoms with E-state index in [9.17, 15) is 4.79 Å². The summed E-state index contributed by atoms with van der Waals surface area (Å²) >= 11 is 0. The van der Waals surface area contributed by atoms with Gasteiger partial charge in [-0.25, -0.2) is 0 Å². The molecule has 0 unspecified atom stereocenters. The molecule has 0 fully saturated rings. The molecule has 0 amide bonds. The van der Waals surface area contributed by atoms with Crippen LogP contribution in [0.4, 0.5) is 0 Å². The van der Waals surface area contributed by atoms with Gasteiger partial charge < -0.3 is 9.67 Å². The lowest BCUT2D eigenvalue weighted by Crippen LogP contribution is -1.98. The molecule has 0 saturated carbocycles. The van der Waals surface area contributed by atoms with Crippen molar-refractivity contribution in [2.45, 2.75) is 26.3 Å². The number of hydrogen-bond donors (Lipinski definition) is 1. The summed E-state index contributed by atoms with van der Waals surface area (Å²) in [6, 6.07) is 8.08. The van der Waals surface area contributed by atoms with Gasteiger partial charge in [0.2, 0.25) is 0 Å². The first kappa shape index (κ1) is 12.4. The van der Waals surface area contributed by atoms with Crippen LogP contribution < -0.4 is 0 Å². The Hall–Kier alpha value is -2.03. The molecule has 0 spiro atoms. The third-order valence-electron chi connectivity index (χ3n) is 2.92. The SMILES string of the molecule is C=C(C)Cn1cc(CCC(=O)O)c2ccccc21. The second-order valence-corrected chi connectivity index (χ2v) is 4.65. The van der Waals surface area contributed by atoms with Gasteiger partial charge in [-0.15, -0.1) is 0 Å². The Morgan fingerprint density at radius 2 is 2.11 bits per heavy atom. The van der Waals surface area contributed by atoms with Crippen LogP contribution in [-0.2, 0) is 17.8 Å². The van der Waals surface area contributed by atoms with Crippen molar-refractivity contribution in [1.82, 2.24) is 4.57 Å². The highest BCUT2D eigenvalue weighted by atomic mass is 16.4. The normalized spacial score (nSPS) is 10.7. The van der Waals surface area contributed by atoms with Crippen LogP contribution in [0.1, 0.15) is 18.9 Å². The summed E-state index contributed by atoms with van der Waals surface area (Å²) in [5.74, 6) is -0.758. The fourth-order valence-electron chi connectivity index (χ4n) is 2.19. The number of aliphatic carboxylic acids is 1. The van der Waals surface area contributed by atoms with Crippen molar-refractivity contribution in [2.24, 2.45) is 0 Å². The van der Waals surface area contributed by atoms with Gasteiger partial charge in [0, 0.05) is 30.1 Å². The second kappa shape index (κ2) is 5.08. The highest BCUT2D eigenvalue weighted by molar-refractivity contribution is 5.84. The minimum Gasteiger partial charge on any atom is -0.481 e. The fraction of sp³-hybridized carbons (Fsp3) is 0.267. The summed E-state index contributed by atoms with van der Waals surface area (Å²) in [6.07, 6.45) is 2.78. The van der Waals surface area contributed by atoms with Crippen LogP contribution in [0.25, 0.3) is 10.9 Å². The zero-order chi connectivity index (χ0) is 13.1. The monoisotopic (exact) mass is 243 g/mol. The number of fused-ring (bicyclic) bond motifs is 1. The number of carbonyl (C=O) groups is 1.